The minimum atomic E-state index is -5.08. The molecule has 5 rings (SSSR count). The molecule has 0 fully saturated rings. The molecule has 0 radical (unpaired) electrons. The van der Waals surface area contributed by atoms with Crippen molar-refractivity contribution in [2.45, 2.75) is 6.18 Å². The van der Waals surface area contributed by atoms with Gasteiger partial charge in [-0.1, -0.05) is 30.3 Å². The number of nitrogens with zero attached hydrogens (tertiary/aromatic N) is 3. The number of carboxylic acid groups (broad SMARTS) is 1. The number of nitrogens with two attached hydrogens (primary N) is 1. The van der Waals surface area contributed by atoms with Crippen LogP contribution in [0.3, 0.4) is 0 Å². The minimum Gasteiger partial charge on any atom is -0.475 e. The molecule has 2 aromatic heterocycles. The molecule has 0 atom stereocenters. The minimum absolute atomic E-state index is 0.206. The van der Waals surface area contributed by atoms with Gasteiger partial charge in [0.2, 0.25) is 0 Å². The van der Waals surface area contributed by atoms with Crippen LogP contribution in [0.1, 0.15) is 20.7 Å². The van der Waals surface area contributed by atoms with E-state index in [1.54, 1.807) is 41.2 Å². The van der Waals surface area contributed by atoms with E-state index < -0.39 is 18.1 Å². The number of halogens is 3. The van der Waals surface area contributed by atoms with Gasteiger partial charge in [-0.05, 0) is 42.5 Å². The summed E-state index contributed by atoms with van der Waals surface area (Å²) in [4.78, 5) is 37.6. The van der Waals surface area contributed by atoms with Crippen molar-refractivity contribution in [3.8, 4) is 5.69 Å². The van der Waals surface area contributed by atoms with Crippen LogP contribution in [-0.2, 0) is 4.79 Å². The number of aromatic nitrogens is 3. The average molecular weight is 521 g/mol. The predicted molar refractivity (Wildman–Crippen MR) is 133 cm³/mol. The monoisotopic (exact) mass is 521 g/mol. The maximum Gasteiger partial charge on any atom is 0.490 e. The Morgan fingerprint density at radius 2 is 1.58 bits per heavy atom. The number of anilines is 1. The van der Waals surface area contributed by atoms with Crippen LogP contribution in [-0.4, -0.2) is 43.8 Å². The van der Waals surface area contributed by atoms with Gasteiger partial charge < -0.3 is 16.2 Å². The Bertz CT molecular complexity index is 1660. The van der Waals surface area contributed by atoms with Crippen LogP contribution in [0.2, 0.25) is 0 Å². The highest BCUT2D eigenvalue weighted by Gasteiger charge is 2.38. The van der Waals surface area contributed by atoms with Crippen LogP contribution < -0.4 is 11.1 Å². The Kier molecular flexibility index (Phi) is 7.06. The summed E-state index contributed by atoms with van der Waals surface area (Å²) in [7, 11) is 0. The highest BCUT2D eigenvalue weighted by molar-refractivity contribution is 6.12. The molecular formula is C26H18F3N5O4. The molecule has 9 nitrogen and oxygen atoms in total. The van der Waals surface area contributed by atoms with Gasteiger partial charge in [-0.2, -0.15) is 18.3 Å². The van der Waals surface area contributed by atoms with E-state index >= 15 is 0 Å². The number of nitrogens with one attached hydrogen (secondary N) is 1. The van der Waals surface area contributed by atoms with Crippen molar-refractivity contribution in [3.63, 3.8) is 0 Å². The number of primary amides is 1. The average Bonchev–Trinajstić information content (AvgIpc) is 3.33. The molecule has 38 heavy (non-hydrogen) atoms. The number of rotatable bonds is 4. The zero-order valence-corrected chi connectivity index (χ0v) is 19.3. The zero-order chi connectivity index (χ0) is 27.4. The molecule has 2 heterocycles. The maximum absolute atomic E-state index is 12.8. The molecular weight excluding hydrogens is 503 g/mol. The van der Waals surface area contributed by atoms with E-state index in [1.165, 1.54) is 0 Å². The predicted octanol–water partition coefficient (Wildman–Crippen LogP) is 4.56. The van der Waals surface area contributed by atoms with Crippen molar-refractivity contribution < 1.29 is 32.7 Å². The number of para-hydroxylation sites is 1. The number of hydrogen-bond donors (Lipinski definition) is 3. The topological polar surface area (TPSA) is 140 Å². The fourth-order valence-corrected chi connectivity index (χ4v) is 3.57. The fraction of sp³-hybridized carbons (Fsp3) is 0.0385. The zero-order valence-electron chi connectivity index (χ0n) is 19.3. The highest BCUT2D eigenvalue weighted by atomic mass is 19.4. The van der Waals surface area contributed by atoms with E-state index in [2.05, 4.69) is 15.4 Å². The number of carbonyl (C=O) groups excluding carboxylic acids is 2. The van der Waals surface area contributed by atoms with Gasteiger partial charge in [0.25, 0.3) is 11.8 Å². The molecule has 0 bridgehead atoms. The summed E-state index contributed by atoms with van der Waals surface area (Å²) < 4.78 is 33.4. The Morgan fingerprint density at radius 1 is 0.895 bits per heavy atom. The molecule has 0 aliphatic carbocycles. The van der Waals surface area contributed by atoms with Gasteiger partial charge in [-0.15, -0.1) is 0 Å². The SMILES string of the molecule is NC(=O)c1cccc2cn(-c3ccc(NC(=O)c4ccnc5ccccc45)cc3)nc12.O=C(O)C(F)(F)F. The van der Waals surface area contributed by atoms with Crippen molar-refractivity contribution in [1.82, 2.24) is 14.8 Å². The maximum atomic E-state index is 12.8. The van der Waals surface area contributed by atoms with Crippen LogP contribution in [0.25, 0.3) is 27.5 Å². The van der Waals surface area contributed by atoms with E-state index in [0.717, 1.165) is 22.0 Å². The molecule has 0 saturated heterocycles. The number of alkyl halides is 3. The van der Waals surface area contributed by atoms with E-state index in [0.29, 0.717) is 22.3 Å². The van der Waals surface area contributed by atoms with Crippen LogP contribution in [0.4, 0.5) is 18.9 Å². The second kappa shape index (κ2) is 10.4. The Balaban J connectivity index is 0.000000426. The highest BCUT2D eigenvalue weighted by Crippen LogP contribution is 2.22. The smallest absolute Gasteiger partial charge is 0.475 e. The number of fused-ring (bicyclic) bond motifs is 2. The first-order valence-electron chi connectivity index (χ1n) is 10.9. The number of carbonyl (C=O) groups is 3. The number of benzene rings is 3. The number of carboxylic acids is 1. The summed E-state index contributed by atoms with van der Waals surface area (Å²) in [6.45, 7) is 0. The molecule has 0 aliphatic rings. The lowest BCUT2D eigenvalue weighted by atomic mass is 10.1. The number of hydrogen-bond acceptors (Lipinski definition) is 5. The summed E-state index contributed by atoms with van der Waals surface area (Å²) in [6.07, 6.45) is -1.62. The lowest BCUT2D eigenvalue weighted by molar-refractivity contribution is -0.192. The van der Waals surface area contributed by atoms with Crippen molar-refractivity contribution >= 4 is 45.3 Å². The first-order valence-corrected chi connectivity index (χ1v) is 10.9. The molecule has 0 unspecified atom stereocenters. The van der Waals surface area contributed by atoms with Crippen molar-refractivity contribution in [1.29, 1.82) is 0 Å². The number of amides is 2. The van der Waals surface area contributed by atoms with E-state index in [9.17, 15) is 22.8 Å². The normalized spacial score (nSPS) is 11.0. The largest absolute Gasteiger partial charge is 0.490 e. The first-order chi connectivity index (χ1) is 18.0. The first kappa shape index (κ1) is 25.8. The fourth-order valence-electron chi connectivity index (χ4n) is 3.57. The lowest BCUT2D eigenvalue weighted by Crippen LogP contribution is -2.21. The molecule has 0 aliphatic heterocycles. The third kappa shape index (κ3) is 5.59. The molecule has 3 aromatic carbocycles. The van der Waals surface area contributed by atoms with Crippen LogP contribution in [0.5, 0.6) is 0 Å². The summed E-state index contributed by atoms with van der Waals surface area (Å²) >= 11 is 0. The van der Waals surface area contributed by atoms with Gasteiger partial charge in [0.05, 0.1) is 22.3 Å². The van der Waals surface area contributed by atoms with Crippen LogP contribution in [0, 0.1) is 0 Å². The molecule has 4 N–H and O–H groups in total. The van der Waals surface area contributed by atoms with Crippen molar-refractivity contribution in [2.75, 3.05) is 5.32 Å². The molecule has 0 spiro atoms. The second-order valence-corrected chi connectivity index (χ2v) is 7.86. The molecule has 0 saturated carbocycles. The third-order valence-corrected chi connectivity index (χ3v) is 5.33. The van der Waals surface area contributed by atoms with Gasteiger partial charge in [0.15, 0.2) is 0 Å². The van der Waals surface area contributed by atoms with Gasteiger partial charge >= 0.3 is 12.1 Å². The molecule has 192 valence electrons. The van der Waals surface area contributed by atoms with Crippen LogP contribution in [0.15, 0.2) is 85.2 Å². The lowest BCUT2D eigenvalue weighted by Gasteiger charge is -2.08. The Labute approximate surface area is 212 Å². The molecule has 5 aromatic rings. The summed E-state index contributed by atoms with van der Waals surface area (Å²) in [5.41, 5.74) is 9.16. The van der Waals surface area contributed by atoms with E-state index in [1.807, 2.05) is 48.7 Å². The standard InChI is InChI=1S/C24H17N5O2.C2HF3O2/c25-23(30)20-6-3-4-15-14-29(28-22(15)20)17-10-8-16(9-11-17)27-24(31)19-12-13-26-21-7-2-1-5-18(19)21;3-2(4,5)1(6)7/h1-14H,(H2,25,30)(H,27,31);(H,6,7). The quantitative estimate of drug-likeness (QED) is 0.317. The van der Waals surface area contributed by atoms with Crippen molar-refractivity contribution in [3.05, 3.63) is 96.3 Å². The van der Waals surface area contributed by atoms with E-state index in [-0.39, 0.29) is 5.91 Å². The van der Waals surface area contributed by atoms with Gasteiger partial charge in [0, 0.05) is 28.9 Å². The molecule has 2 amide bonds. The van der Waals surface area contributed by atoms with Crippen LogP contribution >= 0.6 is 0 Å². The van der Waals surface area contributed by atoms with E-state index in [4.69, 9.17) is 15.6 Å². The molecule has 12 heteroatoms. The van der Waals surface area contributed by atoms with Gasteiger partial charge in [0.1, 0.15) is 5.52 Å². The summed E-state index contributed by atoms with van der Waals surface area (Å²) in [5.74, 6) is -3.48. The number of aliphatic carboxylic acids is 1. The second-order valence-electron chi connectivity index (χ2n) is 7.86. The Morgan fingerprint density at radius 3 is 2.24 bits per heavy atom. The summed E-state index contributed by atoms with van der Waals surface area (Å²) in [5, 5.41) is 16.2. The summed E-state index contributed by atoms with van der Waals surface area (Å²) in [6, 6.07) is 21.8. The van der Waals surface area contributed by atoms with Gasteiger partial charge in [-0.25, -0.2) is 9.48 Å². The number of pyridine rings is 1. The van der Waals surface area contributed by atoms with Crippen molar-refractivity contribution in [2.24, 2.45) is 5.73 Å². The third-order valence-electron chi connectivity index (χ3n) is 5.33. The van der Waals surface area contributed by atoms with Gasteiger partial charge in [-0.3, -0.25) is 14.6 Å². The Hall–Kier alpha value is -5.26.